The van der Waals surface area contributed by atoms with E-state index in [1.165, 1.54) is 28.4 Å². The van der Waals surface area contributed by atoms with Crippen molar-refractivity contribution in [1.82, 2.24) is 24.6 Å². The minimum absolute atomic E-state index is 0.0134. The minimum Gasteiger partial charge on any atom is -0.448 e. The lowest BCUT2D eigenvalue weighted by Crippen LogP contribution is -2.71. The Morgan fingerprint density at radius 1 is 1.11 bits per heavy atom. The fourth-order valence-corrected chi connectivity index (χ4v) is 7.70. The van der Waals surface area contributed by atoms with Crippen molar-refractivity contribution in [3.63, 3.8) is 0 Å². The van der Waals surface area contributed by atoms with E-state index in [4.69, 9.17) is 15.3 Å². The SMILES string of the molecule is CCON=C(C(=O)NC1C(=O)N2C(C(=O)OC(c3ccccc3)c3ccccc3)=C(Sc3cccnc3)CS[C@@H]12)c1nsc(N)n1. The van der Waals surface area contributed by atoms with E-state index in [0.717, 1.165) is 27.6 Å². The van der Waals surface area contributed by atoms with Crippen LogP contribution in [0.1, 0.15) is 30.0 Å². The smallest absolute Gasteiger partial charge is 0.356 e. The number of hydrogen-bond donors (Lipinski definition) is 2. The van der Waals surface area contributed by atoms with E-state index in [1.807, 2.05) is 66.7 Å². The molecule has 2 aliphatic rings. The zero-order valence-corrected chi connectivity index (χ0v) is 26.8. The monoisotopic (exact) mass is 673 g/mol. The Kier molecular flexibility index (Phi) is 9.61. The molecule has 2 aromatic heterocycles. The maximum atomic E-state index is 14.2. The summed E-state index contributed by atoms with van der Waals surface area (Å²) in [5.41, 5.74) is 7.19. The van der Waals surface area contributed by atoms with Gasteiger partial charge in [-0.3, -0.25) is 19.5 Å². The number of nitrogens with zero attached hydrogens (tertiary/aromatic N) is 5. The number of oxime groups is 1. The number of fused-ring (bicyclic) bond motifs is 1. The maximum Gasteiger partial charge on any atom is 0.356 e. The molecular formula is C31H27N7O5S3. The molecule has 4 heterocycles. The number of β-lactam (4-membered cyclic amide) rings is 1. The Balaban J connectivity index is 1.30. The zero-order chi connectivity index (χ0) is 32.0. The predicted octanol–water partition coefficient (Wildman–Crippen LogP) is 3.99. The van der Waals surface area contributed by atoms with E-state index >= 15 is 0 Å². The molecule has 2 amide bonds. The van der Waals surface area contributed by atoms with Crippen LogP contribution in [0, 0.1) is 0 Å². The van der Waals surface area contributed by atoms with E-state index in [0.29, 0.717) is 10.7 Å². The van der Waals surface area contributed by atoms with Gasteiger partial charge >= 0.3 is 5.97 Å². The molecule has 1 fully saturated rings. The zero-order valence-electron chi connectivity index (χ0n) is 24.3. The summed E-state index contributed by atoms with van der Waals surface area (Å²) in [6.45, 7) is 1.91. The number of nitrogens with one attached hydrogen (secondary N) is 1. The molecule has 1 unspecified atom stereocenters. The van der Waals surface area contributed by atoms with Gasteiger partial charge < -0.3 is 20.6 Å². The van der Waals surface area contributed by atoms with Gasteiger partial charge in [0.1, 0.15) is 23.7 Å². The van der Waals surface area contributed by atoms with Crippen LogP contribution < -0.4 is 11.1 Å². The van der Waals surface area contributed by atoms with Crippen molar-refractivity contribution in [2.45, 2.75) is 29.3 Å². The summed E-state index contributed by atoms with van der Waals surface area (Å²) in [5, 5.41) is 6.17. The number of pyridine rings is 1. The number of aromatic nitrogens is 3. The number of nitrogens with two attached hydrogens (primary N) is 1. The maximum absolute atomic E-state index is 14.2. The highest BCUT2D eigenvalue weighted by Crippen LogP contribution is 2.46. The highest BCUT2D eigenvalue weighted by atomic mass is 32.2. The Morgan fingerprint density at radius 3 is 2.43 bits per heavy atom. The third kappa shape index (κ3) is 6.61. The molecule has 46 heavy (non-hydrogen) atoms. The Labute approximate surface area is 276 Å². The molecule has 0 radical (unpaired) electrons. The average molecular weight is 674 g/mol. The lowest BCUT2D eigenvalue weighted by molar-refractivity contribution is -0.154. The van der Waals surface area contributed by atoms with Crippen LogP contribution in [-0.2, 0) is 24.0 Å². The Hall–Kier alpha value is -4.73. The topological polar surface area (TPSA) is 162 Å². The quantitative estimate of drug-likeness (QED) is 0.102. The van der Waals surface area contributed by atoms with Crippen LogP contribution in [0.3, 0.4) is 0 Å². The summed E-state index contributed by atoms with van der Waals surface area (Å²) in [6.07, 6.45) is 2.63. The highest BCUT2D eigenvalue weighted by molar-refractivity contribution is 8.06. The molecule has 234 valence electrons. The third-order valence-corrected chi connectivity index (χ3v) is 9.94. The third-order valence-electron chi connectivity index (χ3n) is 6.87. The van der Waals surface area contributed by atoms with Crippen LogP contribution in [0.15, 0.2) is 106 Å². The van der Waals surface area contributed by atoms with Crippen molar-refractivity contribution < 1.29 is 24.0 Å². The Morgan fingerprint density at radius 2 is 1.83 bits per heavy atom. The molecule has 2 aliphatic heterocycles. The van der Waals surface area contributed by atoms with Gasteiger partial charge in [-0.15, -0.1) is 11.8 Å². The van der Waals surface area contributed by atoms with Crippen LogP contribution in [0.25, 0.3) is 0 Å². The fourth-order valence-electron chi connectivity index (χ4n) is 4.81. The minimum atomic E-state index is -0.952. The summed E-state index contributed by atoms with van der Waals surface area (Å²) in [6, 6.07) is 21.5. The Bertz CT molecular complexity index is 1750. The molecule has 12 nitrogen and oxygen atoms in total. The highest BCUT2D eigenvalue weighted by Gasteiger charge is 2.55. The number of benzene rings is 2. The van der Waals surface area contributed by atoms with E-state index in [9.17, 15) is 14.4 Å². The first-order valence-electron chi connectivity index (χ1n) is 14.1. The second-order valence-corrected chi connectivity index (χ2v) is 12.9. The van der Waals surface area contributed by atoms with E-state index < -0.39 is 35.3 Å². The van der Waals surface area contributed by atoms with Gasteiger partial charge in [-0.05, 0) is 30.2 Å². The van der Waals surface area contributed by atoms with Gasteiger partial charge in [0.25, 0.3) is 11.8 Å². The van der Waals surface area contributed by atoms with Crippen molar-refractivity contribution in [2.75, 3.05) is 18.1 Å². The largest absolute Gasteiger partial charge is 0.448 e. The van der Waals surface area contributed by atoms with Gasteiger partial charge in [0.2, 0.25) is 11.5 Å². The van der Waals surface area contributed by atoms with E-state index in [1.54, 1.807) is 25.4 Å². The number of rotatable bonds is 11. The lowest BCUT2D eigenvalue weighted by atomic mass is 10.0. The van der Waals surface area contributed by atoms with Crippen molar-refractivity contribution in [3.8, 4) is 0 Å². The summed E-state index contributed by atoms with van der Waals surface area (Å²) >= 11 is 3.66. The number of amides is 2. The van der Waals surface area contributed by atoms with E-state index in [-0.39, 0.29) is 29.0 Å². The molecule has 0 spiro atoms. The van der Waals surface area contributed by atoms with Crippen molar-refractivity contribution in [2.24, 2.45) is 5.16 Å². The van der Waals surface area contributed by atoms with Crippen LogP contribution >= 0.6 is 35.1 Å². The van der Waals surface area contributed by atoms with Crippen molar-refractivity contribution in [3.05, 3.63) is 113 Å². The molecule has 3 N–H and O–H groups in total. The van der Waals surface area contributed by atoms with Crippen LogP contribution in [-0.4, -0.2) is 66.5 Å². The molecule has 0 bridgehead atoms. The summed E-state index contributed by atoms with van der Waals surface area (Å²) in [4.78, 5) is 57.4. The fraction of sp³-hybridized carbons (Fsp3) is 0.194. The number of nitrogen functional groups attached to an aromatic ring is 1. The number of carbonyl (C=O) groups excluding carboxylic acids is 3. The van der Waals surface area contributed by atoms with Crippen LogP contribution in [0.2, 0.25) is 0 Å². The average Bonchev–Trinajstić information content (AvgIpc) is 3.52. The van der Waals surface area contributed by atoms with Gasteiger partial charge in [0.05, 0.1) is 0 Å². The first kappa shape index (κ1) is 31.3. The van der Waals surface area contributed by atoms with Gasteiger partial charge in [0, 0.05) is 39.5 Å². The molecule has 6 rings (SSSR count). The number of thioether (sulfide) groups is 2. The number of anilines is 1. The first-order chi connectivity index (χ1) is 22.4. The van der Waals surface area contributed by atoms with Crippen molar-refractivity contribution in [1.29, 1.82) is 0 Å². The van der Waals surface area contributed by atoms with Gasteiger partial charge in [-0.1, -0.05) is 77.6 Å². The van der Waals surface area contributed by atoms with Gasteiger partial charge in [-0.2, -0.15) is 9.36 Å². The van der Waals surface area contributed by atoms with E-state index in [2.05, 4.69) is 24.8 Å². The molecule has 2 aromatic carbocycles. The number of ether oxygens (including phenoxy) is 1. The van der Waals surface area contributed by atoms with Crippen LogP contribution in [0.4, 0.5) is 5.13 Å². The summed E-state index contributed by atoms with van der Waals surface area (Å²) in [7, 11) is 0. The standard InChI is InChI=1S/C31H27N7O5S3/c1-2-42-36-22(26-35-31(32)46-37-26)27(39)34-23-28(40)38-24(21(17-44-29(23)38)45-20-14-9-15-33-16-20)30(41)43-25(18-10-5-3-6-11-18)19-12-7-4-8-13-19/h3-16,23,25,29H,2,17H2,1H3,(H,34,39)(H2,32,35,37)/t23?,29-/m0/s1. The predicted molar refractivity (Wildman–Crippen MR) is 175 cm³/mol. The second-order valence-electron chi connectivity index (χ2n) is 9.84. The molecule has 1 saturated heterocycles. The lowest BCUT2D eigenvalue weighted by Gasteiger charge is -2.49. The van der Waals surface area contributed by atoms with Crippen LogP contribution in [0.5, 0.6) is 0 Å². The molecule has 0 saturated carbocycles. The molecule has 0 aliphatic carbocycles. The summed E-state index contributed by atoms with van der Waals surface area (Å²) in [5.74, 6) is -1.47. The normalized spacial score (nSPS) is 17.7. The molecular weight excluding hydrogens is 647 g/mol. The number of esters is 1. The van der Waals surface area contributed by atoms with Gasteiger partial charge in [0.15, 0.2) is 11.2 Å². The first-order valence-corrected chi connectivity index (χ1v) is 16.8. The second kappa shape index (κ2) is 14.1. The molecule has 2 atom stereocenters. The molecule has 4 aromatic rings. The number of hydrogen-bond acceptors (Lipinski definition) is 13. The van der Waals surface area contributed by atoms with Crippen molar-refractivity contribution >= 4 is 63.7 Å². The number of carbonyl (C=O) groups is 3. The molecule has 15 heteroatoms. The van der Waals surface area contributed by atoms with Gasteiger partial charge in [-0.25, -0.2) is 4.79 Å². The summed E-state index contributed by atoms with van der Waals surface area (Å²) < 4.78 is 10.3.